The molecule has 2 atom stereocenters. The third kappa shape index (κ3) is 1.95. The van der Waals surface area contributed by atoms with E-state index in [9.17, 15) is 4.79 Å². The minimum absolute atomic E-state index is 0.476. The number of rotatable bonds is 2. The fourth-order valence-electron chi connectivity index (χ4n) is 1.82. The predicted octanol–water partition coefficient (Wildman–Crippen LogP) is 0.188. The van der Waals surface area contributed by atoms with E-state index in [1.165, 1.54) is 0 Å². The van der Waals surface area contributed by atoms with E-state index >= 15 is 0 Å². The van der Waals surface area contributed by atoms with Gasteiger partial charge in [-0.1, -0.05) is 12.8 Å². The molecule has 4 heteroatoms. The number of hydrogen-bond acceptors (Lipinski definition) is 3. The summed E-state index contributed by atoms with van der Waals surface area (Å²) in [5, 5.41) is 26.5. The van der Waals surface area contributed by atoms with Crippen molar-refractivity contribution in [1.29, 1.82) is 0 Å². The summed E-state index contributed by atoms with van der Waals surface area (Å²) in [5.41, 5.74) is 0. The van der Waals surface area contributed by atoms with Crippen molar-refractivity contribution in [2.75, 3.05) is 0 Å². The van der Waals surface area contributed by atoms with E-state index in [4.69, 9.17) is 15.3 Å². The van der Waals surface area contributed by atoms with Crippen molar-refractivity contribution in [3.05, 3.63) is 0 Å². The van der Waals surface area contributed by atoms with Gasteiger partial charge in [0.05, 0.1) is 5.92 Å². The number of aliphatic hydroxyl groups excluding tert-OH is 1. The fraction of sp³-hybridized carbons (Fsp3) is 0.875. The van der Waals surface area contributed by atoms with Gasteiger partial charge in [0.2, 0.25) is 0 Å². The molecule has 0 heterocycles. The molecule has 0 amide bonds. The van der Waals surface area contributed by atoms with Gasteiger partial charge >= 0.3 is 5.97 Å². The second-order valence-corrected chi connectivity index (χ2v) is 3.31. The van der Waals surface area contributed by atoms with Crippen LogP contribution in [0.5, 0.6) is 0 Å². The van der Waals surface area contributed by atoms with E-state index < -0.39 is 24.1 Å². The van der Waals surface area contributed by atoms with Crippen LogP contribution in [0.4, 0.5) is 0 Å². The Hall–Kier alpha value is -0.610. The van der Waals surface area contributed by atoms with Crippen molar-refractivity contribution >= 4 is 5.97 Å². The van der Waals surface area contributed by atoms with Gasteiger partial charge in [0.1, 0.15) is 0 Å². The highest BCUT2D eigenvalue weighted by Gasteiger charge is 2.34. The van der Waals surface area contributed by atoms with Gasteiger partial charge in [0, 0.05) is 5.92 Å². The van der Waals surface area contributed by atoms with Crippen molar-refractivity contribution in [2.24, 2.45) is 11.8 Å². The SMILES string of the molecule is O=C(O)[C@@H]1CCCC[C@H]1C(O)O. The molecule has 0 saturated heterocycles. The number of aliphatic carboxylic acids is 1. The quantitative estimate of drug-likeness (QED) is 0.522. The lowest BCUT2D eigenvalue weighted by molar-refractivity contribution is -0.157. The molecule has 1 fully saturated rings. The lowest BCUT2D eigenvalue weighted by atomic mass is 9.79. The molecule has 0 aliphatic heterocycles. The van der Waals surface area contributed by atoms with Gasteiger partial charge in [0.15, 0.2) is 6.29 Å². The Morgan fingerprint density at radius 1 is 1.25 bits per heavy atom. The van der Waals surface area contributed by atoms with Crippen LogP contribution in [-0.4, -0.2) is 27.6 Å². The highest BCUT2D eigenvalue weighted by Crippen LogP contribution is 2.31. The Morgan fingerprint density at radius 2 is 1.83 bits per heavy atom. The average Bonchev–Trinajstić information content (AvgIpc) is 2.04. The molecule has 0 aromatic heterocycles. The molecule has 1 rings (SSSR count). The summed E-state index contributed by atoms with van der Waals surface area (Å²) >= 11 is 0. The van der Waals surface area contributed by atoms with Crippen LogP contribution in [0.25, 0.3) is 0 Å². The maximum Gasteiger partial charge on any atom is 0.306 e. The fourth-order valence-corrected chi connectivity index (χ4v) is 1.82. The van der Waals surface area contributed by atoms with E-state index in [1.54, 1.807) is 0 Å². The normalized spacial score (nSPS) is 30.6. The Labute approximate surface area is 70.8 Å². The van der Waals surface area contributed by atoms with Crippen LogP contribution in [0.2, 0.25) is 0 Å². The highest BCUT2D eigenvalue weighted by atomic mass is 16.5. The molecular formula is C8H14O4. The second kappa shape index (κ2) is 3.87. The Morgan fingerprint density at radius 3 is 2.25 bits per heavy atom. The smallest absolute Gasteiger partial charge is 0.306 e. The van der Waals surface area contributed by atoms with E-state index in [-0.39, 0.29) is 0 Å². The lowest BCUT2D eigenvalue weighted by Gasteiger charge is -2.29. The van der Waals surface area contributed by atoms with Crippen LogP contribution >= 0.6 is 0 Å². The Kier molecular flexibility index (Phi) is 3.05. The summed E-state index contributed by atoms with van der Waals surface area (Å²) in [5.74, 6) is -1.96. The first kappa shape index (κ1) is 9.48. The molecule has 12 heavy (non-hydrogen) atoms. The van der Waals surface area contributed by atoms with Crippen molar-refractivity contribution in [3.8, 4) is 0 Å². The van der Waals surface area contributed by atoms with Crippen molar-refractivity contribution in [1.82, 2.24) is 0 Å². The molecule has 0 aromatic carbocycles. The van der Waals surface area contributed by atoms with Gasteiger partial charge in [-0.3, -0.25) is 4.79 Å². The van der Waals surface area contributed by atoms with Gasteiger partial charge in [0.25, 0.3) is 0 Å². The molecular weight excluding hydrogens is 160 g/mol. The molecule has 1 aliphatic carbocycles. The zero-order valence-electron chi connectivity index (χ0n) is 6.81. The van der Waals surface area contributed by atoms with Crippen LogP contribution in [0.1, 0.15) is 25.7 Å². The third-order valence-electron chi connectivity index (χ3n) is 2.52. The standard InChI is InChI=1S/C8H14O4/c9-7(10)5-3-1-2-4-6(5)8(11)12/h5-7,9-10H,1-4H2,(H,11,12)/t5-,6-/m1/s1. The number of hydrogen-bond donors (Lipinski definition) is 3. The molecule has 3 N–H and O–H groups in total. The van der Waals surface area contributed by atoms with Crippen LogP contribution in [0.15, 0.2) is 0 Å². The van der Waals surface area contributed by atoms with Crippen molar-refractivity contribution in [3.63, 3.8) is 0 Å². The zero-order chi connectivity index (χ0) is 9.14. The molecule has 70 valence electrons. The number of carboxylic acids is 1. The van der Waals surface area contributed by atoms with E-state index in [2.05, 4.69) is 0 Å². The van der Waals surface area contributed by atoms with E-state index in [1.807, 2.05) is 0 Å². The molecule has 0 bridgehead atoms. The highest BCUT2D eigenvalue weighted by molar-refractivity contribution is 5.70. The lowest BCUT2D eigenvalue weighted by Crippen LogP contribution is -2.35. The Bertz CT molecular complexity index is 166. The van der Waals surface area contributed by atoms with E-state index in [0.717, 1.165) is 12.8 Å². The first-order chi connectivity index (χ1) is 5.63. The minimum Gasteiger partial charge on any atom is -0.481 e. The summed E-state index contributed by atoms with van der Waals surface area (Å²) in [4.78, 5) is 10.6. The second-order valence-electron chi connectivity index (χ2n) is 3.31. The average molecular weight is 174 g/mol. The van der Waals surface area contributed by atoms with Crippen LogP contribution in [-0.2, 0) is 4.79 Å². The van der Waals surface area contributed by atoms with Crippen molar-refractivity contribution in [2.45, 2.75) is 32.0 Å². The topological polar surface area (TPSA) is 77.8 Å². The summed E-state index contributed by atoms with van der Waals surface area (Å²) < 4.78 is 0. The minimum atomic E-state index is -1.48. The summed E-state index contributed by atoms with van der Waals surface area (Å²) in [6.07, 6.45) is 1.46. The van der Waals surface area contributed by atoms with Crippen LogP contribution in [0, 0.1) is 11.8 Å². The largest absolute Gasteiger partial charge is 0.481 e. The zero-order valence-corrected chi connectivity index (χ0v) is 6.81. The molecule has 0 aromatic rings. The predicted molar refractivity (Wildman–Crippen MR) is 41.3 cm³/mol. The van der Waals surface area contributed by atoms with Gasteiger partial charge in [-0.05, 0) is 12.8 Å². The van der Waals surface area contributed by atoms with Crippen LogP contribution in [0.3, 0.4) is 0 Å². The Balaban J connectivity index is 2.60. The first-order valence-electron chi connectivity index (χ1n) is 4.22. The third-order valence-corrected chi connectivity index (χ3v) is 2.52. The number of carbonyl (C=O) groups is 1. The molecule has 0 unspecified atom stereocenters. The molecule has 0 radical (unpaired) electrons. The molecule has 1 aliphatic rings. The van der Waals surface area contributed by atoms with Gasteiger partial charge in [-0.25, -0.2) is 0 Å². The molecule has 1 saturated carbocycles. The van der Waals surface area contributed by atoms with Gasteiger partial charge in [-0.15, -0.1) is 0 Å². The van der Waals surface area contributed by atoms with Crippen LogP contribution < -0.4 is 0 Å². The summed E-state index contributed by atoms with van der Waals surface area (Å²) in [7, 11) is 0. The summed E-state index contributed by atoms with van der Waals surface area (Å²) in [6, 6.07) is 0. The maximum absolute atomic E-state index is 10.6. The molecule has 0 spiro atoms. The van der Waals surface area contributed by atoms with Gasteiger partial charge in [-0.2, -0.15) is 0 Å². The summed E-state index contributed by atoms with van der Waals surface area (Å²) in [6.45, 7) is 0. The van der Waals surface area contributed by atoms with E-state index in [0.29, 0.717) is 12.8 Å². The van der Waals surface area contributed by atoms with Gasteiger partial charge < -0.3 is 15.3 Å². The number of carboxylic acid groups (broad SMARTS) is 1. The molecule has 4 nitrogen and oxygen atoms in total. The monoisotopic (exact) mass is 174 g/mol. The maximum atomic E-state index is 10.6. The number of aliphatic hydroxyl groups is 2. The van der Waals surface area contributed by atoms with Crippen molar-refractivity contribution < 1.29 is 20.1 Å². The first-order valence-corrected chi connectivity index (χ1v) is 4.22.